The number of hydrogen-bond donors (Lipinski definition) is 1. The topological polar surface area (TPSA) is 46.3 Å². The molecule has 0 unspecified atom stereocenters. The van der Waals surface area contributed by atoms with E-state index in [4.69, 9.17) is 5.73 Å². The second kappa shape index (κ2) is 6.91. The fraction of sp³-hybridized carbons (Fsp3) is 0.588. The molecule has 2 N–H and O–H groups in total. The molecule has 2 rings (SSSR count). The van der Waals surface area contributed by atoms with Crippen LogP contribution >= 0.6 is 0 Å². The predicted octanol–water partition coefficient (Wildman–Crippen LogP) is 3.22. The minimum atomic E-state index is -4.33. The quantitative estimate of drug-likeness (QED) is 0.926. The molecule has 1 aromatic carbocycles. The molecule has 1 saturated heterocycles. The maximum atomic E-state index is 12.6. The van der Waals surface area contributed by atoms with Crippen molar-refractivity contribution in [1.29, 1.82) is 0 Å². The number of hydrogen-bond acceptors (Lipinski definition) is 2. The number of carbonyl (C=O) groups is 1. The Hall–Kier alpha value is -1.56. The van der Waals surface area contributed by atoms with E-state index in [1.54, 1.807) is 0 Å². The number of nitrogens with zero attached hydrogens (tertiary/aromatic N) is 1. The average molecular weight is 328 g/mol. The van der Waals surface area contributed by atoms with Crippen LogP contribution in [0.4, 0.5) is 13.2 Å². The number of amides is 1. The van der Waals surface area contributed by atoms with Gasteiger partial charge in [-0.15, -0.1) is 0 Å². The summed E-state index contributed by atoms with van der Waals surface area (Å²) in [5, 5.41) is 0. The van der Waals surface area contributed by atoms with Crippen molar-refractivity contribution in [2.75, 3.05) is 6.54 Å². The van der Waals surface area contributed by atoms with Crippen LogP contribution in [0.15, 0.2) is 24.3 Å². The number of likely N-dealkylation sites (tertiary alicyclic amines) is 1. The summed E-state index contributed by atoms with van der Waals surface area (Å²) in [6.45, 7) is 4.46. The molecule has 1 aromatic rings. The zero-order valence-electron chi connectivity index (χ0n) is 13.4. The Kier molecular flexibility index (Phi) is 5.34. The van der Waals surface area contributed by atoms with Gasteiger partial charge in [-0.1, -0.05) is 19.1 Å². The minimum absolute atomic E-state index is 0.0456. The lowest BCUT2D eigenvalue weighted by molar-refractivity contribution is -0.139. The van der Waals surface area contributed by atoms with Crippen LogP contribution in [0.25, 0.3) is 0 Å². The third-order valence-electron chi connectivity index (χ3n) is 4.44. The smallest absolute Gasteiger partial charge is 0.340 e. The number of piperidine rings is 1. The van der Waals surface area contributed by atoms with Gasteiger partial charge in [0.2, 0.25) is 5.91 Å². The fourth-order valence-electron chi connectivity index (χ4n) is 3.09. The van der Waals surface area contributed by atoms with Gasteiger partial charge < -0.3 is 10.6 Å². The van der Waals surface area contributed by atoms with Crippen LogP contribution in [-0.4, -0.2) is 29.4 Å². The second-order valence-corrected chi connectivity index (χ2v) is 6.46. The lowest BCUT2D eigenvalue weighted by Crippen LogP contribution is -2.50. The van der Waals surface area contributed by atoms with Crippen LogP contribution in [-0.2, 0) is 17.4 Å². The van der Waals surface area contributed by atoms with E-state index in [-0.39, 0.29) is 23.9 Å². The Morgan fingerprint density at radius 2 is 1.96 bits per heavy atom. The highest BCUT2D eigenvalue weighted by atomic mass is 19.4. The van der Waals surface area contributed by atoms with Gasteiger partial charge >= 0.3 is 6.18 Å². The Morgan fingerprint density at radius 3 is 2.48 bits per heavy atom. The Morgan fingerprint density at radius 1 is 1.35 bits per heavy atom. The molecule has 3 atom stereocenters. The van der Waals surface area contributed by atoms with Crippen LogP contribution < -0.4 is 5.73 Å². The van der Waals surface area contributed by atoms with E-state index in [0.717, 1.165) is 30.5 Å². The number of carbonyl (C=O) groups excluding carboxylic acids is 1. The molecule has 0 bridgehead atoms. The van der Waals surface area contributed by atoms with Gasteiger partial charge in [0.25, 0.3) is 0 Å². The highest BCUT2D eigenvalue weighted by molar-refractivity contribution is 5.79. The van der Waals surface area contributed by atoms with Gasteiger partial charge in [-0.2, -0.15) is 13.2 Å². The van der Waals surface area contributed by atoms with E-state index >= 15 is 0 Å². The van der Waals surface area contributed by atoms with Crippen molar-refractivity contribution >= 4 is 5.91 Å². The maximum absolute atomic E-state index is 12.6. The van der Waals surface area contributed by atoms with E-state index in [9.17, 15) is 18.0 Å². The summed E-state index contributed by atoms with van der Waals surface area (Å²) in [5.41, 5.74) is 5.98. The number of benzene rings is 1. The standard InChI is InChI=1S/C17H23F3N2O/c1-11(16(23)22-8-7-15(21)10-12(22)2)9-13-3-5-14(6-4-13)17(18,19)20/h3-6,11-12,15H,7-10,21H2,1-2H3/t11-,12+,15-/m1/s1. The van der Waals surface area contributed by atoms with Crippen LogP contribution in [0, 0.1) is 5.92 Å². The van der Waals surface area contributed by atoms with E-state index in [0.29, 0.717) is 13.0 Å². The van der Waals surface area contributed by atoms with Crippen molar-refractivity contribution in [2.24, 2.45) is 11.7 Å². The summed E-state index contributed by atoms with van der Waals surface area (Å²) in [6.07, 6.45) is -2.31. The monoisotopic (exact) mass is 328 g/mol. The lowest BCUT2D eigenvalue weighted by Gasteiger charge is -2.38. The van der Waals surface area contributed by atoms with Crippen molar-refractivity contribution in [1.82, 2.24) is 4.90 Å². The van der Waals surface area contributed by atoms with Crippen LogP contribution in [0.5, 0.6) is 0 Å². The van der Waals surface area contributed by atoms with Crippen molar-refractivity contribution in [3.63, 3.8) is 0 Å². The van der Waals surface area contributed by atoms with Crippen molar-refractivity contribution in [2.45, 2.75) is 51.4 Å². The largest absolute Gasteiger partial charge is 0.416 e. The highest BCUT2D eigenvalue weighted by Gasteiger charge is 2.31. The van der Waals surface area contributed by atoms with Crippen molar-refractivity contribution in [3.8, 4) is 0 Å². The maximum Gasteiger partial charge on any atom is 0.416 e. The SMILES string of the molecule is C[C@H](Cc1ccc(C(F)(F)F)cc1)C(=O)N1CC[C@@H](N)C[C@@H]1C. The highest BCUT2D eigenvalue weighted by Crippen LogP contribution is 2.29. The minimum Gasteiger partial charge on any atom is -0.340 e. The number of halogens is 3. The van der Waals surface area contributed by atoms with Gasteiger partial charge in [0.1, 0.15) is 0 Å². The predicted molar refractivity (Wildman–Crippen MR) is 82.7 cm³/mol. The van der Waals surface area contributed by atoms with Crippen molar-refractivity contribution < 1.29 is 18.0 Å². The van der Waals surface area contributed by atoms with Gasteiger partial charge in [0.05, 0.1) is 5.56 Å². The molecule has 0 aromatic heterocycles. The molecule has 1 aliphatic heterocycles. The molecule has 0 saturated carbocycles. The van der Waals surface area contributed by atoms with E-state index in [1.807, 2.05) is 18.7 Å². The zero-order valence-corrected chi connectivity index (χ0v) is 13.4. The number of alkyl halides is 3. The van der Waals surface area contributed by atoms with E-state index in [1.165, 1.54) is 12.1 Å². The number of rotatable bonds is 3. The molecule has 0 radical (unpaired) electrons. The van der Waals surface area contributed by atoms with Gasteiger partial charge in [-0.05, 0) is 43.9 Å². The summed E-state index contributed by atoms with van der Waals surface area (Å²) < 4.78 is 37.7. The van der Waals surface area contributed by atoms with Crippen LogP contribution in [0.1, 0.15) is 37.8 Å². The van der Waals surface area contributed by atoms with Crippen molar-refractivity contribution in [3.05, 3.63) is 35.4 Å². The zero-order chi connectivity index (χ0) is 17.2. The summed E-state index contributed by atoms with van der Waals surface area (Å²) in [7, 11) is 0. The van der Waals surface area contributed by atoms with Gasteiger partial charge in [0, 0.05) is 24.5 Å². The third-order valence-corrected chi connectivity index (χ3v) is 4.44. The normalized spacial score (nSPS) is 23.7. The average Bonchev–Trinajstić information content (AvgIpc) is 2.46. The summed E-state index contributed by atoms with van der Waals surface area (Å²) in [6, 6.07) is 5.27. The molecule has 1 aliphatic rings. The molecule has 1 amide bonds. The molecule has 1 heterocycles. The molecule has 3 nitrogen and oxygen atoms in total. The Bertz CT molecular complexity index is 542. The first-order valence-electron chi connectivity index (χ1n) is 7.90. The second-order valence-electron chi connectivity index (χ2n) is 6.46. The van der Waals surface area contributed by atoms with Crippen LogP contribution in [0.3, 0.4) is 0 Å². The van der Waals surface area contributed by atoms with Gasteiger partial charge in [0.15, 0.2) is 0 Å². The van der Waals surface area contributed by atoms with Crippen LogP contribution in [0.2, 0.25) is 0 Å². The molecule has 128 valence electrons. The molecule has 23 heavy (non-hydrogen) atoms. The summed E-state index contributed by atoms with van der Waals surface area (Å²) >= 11 is 0. The Balaban J connectivity index is 1.98. The van der Waals surface area contributed by atoms with E-state index < -0.39 is 11.7 Å². The molecule has 1 fully saturated rings. The molecule has 6 heteroatoms. The first-order valence-corrected chi connectivity index (χ1v) is 7.90. The summed E-state index contributed by atoms with van der Waals surface area (Å²) in [4.78, 5) is 14.4. The lowest BCUT2D eigenvalue weighted by atomic mass is 9.94. The van der Waals surface area contributed by atoms with Gasteiger partial charge in [-0.3, -0.25) is 4.79 Å². The molecule has 0 spiro atoms. The summed E-state index contributed by atoms with van der Waals surface area (Å²) in [5.74, 6) is -0.215. The fourth-order valence-corrected chi connectivity index (χ4v) is 3.09. The number of nitrogens with two attached hydrogens (primary N) is 1. The third kappa shape index (κ3) is 4.47. The Labute approximate surface area is 134 Å². The van der Waals surface area contributed by atoms with E-state index in [2.05, 4.69) is 0 Å². The molecular weight excluding hydrogens is 305 g/mol. The van der Waals surface area contributed by atoms with Gasteiger partial charge in [-0.25, -0.2) is 0 Å². The molecular formula is C17H23F3N2O. The first kappa shape index (κ1) is 17.8. The molecule has 0 aliphatic carbocycles. The first-order chi connectivity index (χ1) is 10.7.